The summed E-state index contributed by atoms with van der Waals surface area (Å²) in [6.07, 6.45) is 3.61. The largest absolute Gasteiger partial charge is 0.467 e. The van der Waals surface area contributed by atoms with Crippen LogP contribution in [0.25, 0.3) is 0 Å². The van der Waals surface area contributed by atoms with Crippen LogP contribution in [0.4, 0.5) is 0 Å². The number of hydrogen-bond donors (Lipinski definition) is 1. The Morgan fingerprint density at radius 1 is 1.47 bits per heavy atom. The van der Waals surface area contributed by atoms with Gasteiger partial charge < -0.3 is 9.73 Å². The Balaban J connectivity index is 1.97. The lowest BCUT2D eigenvalue weighted by Crippen LogP contribution is -2.21. The van der Waals surface area contributed by atoms with E-state index in [4.69, 9.17) is 4.42 Å². The Hall–Kier alpha value is -1.55. The second kappa shape index (κ2) is 5.19. The summed E-state index contributed by atoms with van der Waals surface area (Å²) in [5.74, 6) is 0.942. The van der Waals surface area contributed by atoms with Crippen molar-refractivity contribution in [3.8, 4) is 0 Å². The SMILES string of the molecule is Cc1ccnn1Cc1cc(CNC(C)C)co1. The van der Waals surface area contributed by atoms with E-state index < -0.39 is 0 Å². The van der Waals surface area contributed by atoms with Crippen molar-refractivity contribution in [2.24, 2.45) is 0 Å². The molecule has 0 aromatic carbocycles. The molecule has 2 rings (SSSR count). The first kappa shape index (κ1) is 11.9. The summed E-state index contributed by atoms with van der Waals surface area (Å²) in [6.45, 7) is 7.85. The quantitative estimate of drug-likeness (QED) is 0.862. The number of rotatable bonds is 5. The zero-order valence-corrected chi connectivity index (χ0v) is 10.6. The van der Waals surface area contributed by atoms with Crippen molar-refractivity contribution < 1.29 is 4.42 Å². The van der Waals surface area contributed by atoms with Crippen molar-refractivity contribution in [3.05, 3.63) is 41.6 Å². The van der Waals surface area contributed by atoms with Gasteiger partial charge in [0.05, 0.1) is 12.8 Å². The molecular weight excluding hydrogens is 214 g/mol. The van der Waals surface area contributed by atoms with E-state index in [1.165, 1.54) is 5.56 Å². The van der Waals surface area contributed by atoms with Gasteiger partial charge in [0.2, 0.25) is 0 Å². The Labute approximate surface area is 102 Å². The molecule has 2 aromatic rings. The molecule has 0 saturated carbocycles. The predicted octanol–water partition coefficient (Wildman–Crippen LogP) is 2.33. The number of nitrogens with one attached hydrogen (secondary N) is 1. The molecule has 0 aliphatic heterocycles. The molecule has 92 valence electrons. The maximum atomic E-state index is 5.52. The van der Waals surface area contributed by atoms with E-state index in [9.17, 15) is 0 Å². The van der Waals surface area contributed by atoms with Crippen molar-refractivity contribution in [3.63, 3.8) is 0 Å². The van der Waals surface area contributed by atoms with Gasteiger partial charge in [-0.3, -0.25) is 4.68 Å². The van der Waals surface area contributed by atoms with Gasteiger partial charge in [0.15, 0.2) is 0 Å². The summed E-state index contributed by atoms with van der Waals surface area (Å²) in [5, 5.41) is 7.60. The topological polar surface area (TPSA) is 43.0 Å². The molecule has 2 aromatic heterocycles. The first-order valence-corrected chi connectivity index (χ1v) is 5.93. The minimum atomic E-state index is 0.488. The number of aromatic nitrogens is 2. The van der Waals surface area contributed by atoms with Gasteiger partial charge >= 0.3 is 0 Å². The fourth-order valence-corrected chi connectivity index (χ4v) is 1.64. The van der Waals surface area contributed by atoms with E-state index in [1.54, 1.807) is 6.20 Å². The smallest absolute Gasteiger partial charge is 0.125 e. The van der Waals surface area contributed by atoms with Gasteiger partial charge in [0.25, 0.3) is 0 Å². The van der Waals surface area contributed by atoms with Crippen LogP contribution in [0, 0.1) is 6.92 Å². The molecule has 17 heavy (non-hydrogen) atoms. The molecule has 0 aliphatic carbocycles. The van der Waals surface area contributed by atoms with Gasteiger partial charge in [0, 0.05) is 30.0 Å². The molecule has 0 fully saturated rings. The normalized spacial score (nSPS) is 11.3. The third kappa shape index (κ3) is 3.20. The van der Waals surface area contributed by atoms with Crippen LogP contribution < -0.4 is 5.32 Å². The van der Waals surface area contributed by atoms with Gasteiger partial charge in [-0.1, -0.05) is 13.8 Å². The lowest BCUT2D eigenvalue weighted by atomic mass is 10.3. The molecule has 0 radical (unpaired) electrons. The Morgan fingerprint density at radius 2 is 2.29 bits per heavy atom. The van der Waals surface area contributed by atoms with E-state index in [0.29, 0.717) is 12.6 Å². The Morgan fingerprint density at radius 3 is 2.94 bits per heavy atom. The van der Waals surface area contributed by atoms with E-state index in [0.717, 1.165) is 18.0 Å². The van der Waals surface area contributed by atoms with Gasteiger partial charge in [-0.2, -0.15) is 5.10 Å². The van der Waals surface area contributed by atoms with Crippen molar-refractivity contribution >= 4 is 0 Å². The first-order valence-electron chi connectivity index (χ1n) is 5.93. The second-order valence-electron chi connectivity index (χ2n) is 4.59. The van der Waals surface area contributed by atoms with Crippen molar-refractivity contribution in [1.82, 2.24) is 15.1 Å². The maximum Gasteiger partial charge on any atom is 0.125 e. The number of aryl methyl sites for hydroxylation is 1. The fraction of sp³-hybridized carbons (Fsp3) is 0.462. The third-order valence-electron chi connectivity index (χ3n) is 2.66. The van der Waals surface area contributed by atoms with Crippen LogP contribution in [0.3, 0.4) is 0 Å². The fourth-order valence-electron chi connectivity index (χ4n) is 1.64. The molecule has 4 heteroatoms. The molecule has 0 atom stereocenters. The lowest BCUT2D eigenvalue weighted by molar-refractivity contribution is 0.474. The molecule has 1 N–H and O–H groups in total. The monoisotopic (exact) mass is 233 g/mol. The lowest BCUT2D eigenvalue weighted by Gasteiger charge is -2.04. The molecule has 0 spiro atoms. The minimum Gasteiger partial charge on any atom is -0.467 e. The molecule has 0 saturated heterocycles. The average Bonchev–Trinajstić information content (AvgIpc) is 2.87. The number of hydrogen-bond acceptors (Lipinski definition) is 3. The van der Waals surface area contributed by atoms with Crippen LogP contribution in [-0.4, -0.2) is 15.8 Å². The van der Waals surface area contributed by atoms with E-state index in [1.807, 2.05) is 23.9 Å². The molecule has 0 amide bonds. The highest BCUT2D eigenvalue weighted by molar-refractivity contribution is 5.13. The minimum absolute atomic E-state index is 0.488. The van der Waals surface area contributed by atoms with E-state index in [-0.39, 0.29) is 0 Å². The molecule has 0 unspecified atom stereocenters. The van der Waals surface area contributed by atoms with Crippen LogP contribution in [0.1, 0.15) is 30.9 Å². The van der Waals surface area contributed by atoms with Crippen molar-refractivity contribution in [2.45, 2.75) is 39.9 Å². The summed E-state index contributed by atoms with van der Waals surface area (Å²) in [6, 6.07) is 4.56. The van der Waals surface area contributed by atoms with Crippen LogP contribution in [0.2, 0.25) is 0 Å². The van der Waals surface area contributed by atoms with Crippen molar-refractivity contribution in [1.29, 1.82) is 0 Å². The molecule has 0 bridgehead atoms. The molecule has 2 heterocycles. The van der Waals surface area contributed by atoms with Crippen LogP contribution in [-0.2, 0) is 13.1 Å². The Bertz CT molecular complexity index is 470. The van der Waals surface area contributed by atoms with Gasteiger partial charge in [-0.25, -0.2) is 0 Å². The highest BCUT2D eigenvalue weighted by Crippen LogP contribution is 2.10. The first-order chi connectivity index (χ1) is 8.15. The van der Waals surface area contributed by atoms with Gasteiger partial charge in [-0.15, -0.1) is 0 Å². The summed E-state index contributed by atoms with van der Waals surface area (Å²) in [4.78, 5) is 0. The van der Waals surface area contributed by atoms with E-state index >= 15 is 0 Å². The van der Waals surface area contributed by atoms with Crippen LogP contribution in [0.15, 0.2) is 29.0 Å². The highest BCUT2D eigenvalue weighted by atomic mass is 16.3. The summed E-state index contributed by atoms with van der Waals surface area (Å²) < 4.78 is 7.45. The third-order valence-corrected chi connectivity index (χ3v) is 2.66. The Kier molecular flexibility index (Phi) is 3.64. The standard InChI is InChI=1S/C13H19N3O/c1-10(2)14-7-12-6-13(17-9-12)8-16-11(3)4-5-15-16/h4-6,9-10,14H,7-8H2,1-3H3. The van der Waals surface area contributed by atoms with Crippen LogP contribution >= 0.6 is 0 Å². The zero-order valence-electron chi connectivity index (χ0n) is 10.6. The molecule has 0 aliphatic rings. The number of furan rings is 1. The molecule has 4 nitrogen and oxygen atoms in total. The summed E-state index contributed by atoms with van der Waals surface area (Å²) >= 11 is 0. The zero-order chi connectivity index (χ0) is 12.3. The molecular formula is C13H19N3O. The van der Waals surface area contributed by atoms with Crippen molar-refractivity contribution in [2.75, 3.05) is 0 Å². The predicted molar refractivity (Wildman–Crippen MR) is 66.7 cm³/mol. The van der Waals surface area contributed by atoms with Crippen LogP contribution in [0.5, 0.6) is 0 Å². The summed E-state index contributed by atoms with van der Waals surface area (Å²) in [5.41, 5.74) is 2.32. The number of nitrogens with zero attached hydrogens (tertiary/aromatic N) is 2. The second-order valence-corrected chi connectivity index (χ2v) is 4.59. The highest BCUT2D eigenvalue weighted by Gasteiger charge is 2.05. The maximum absolute atomic E-state index is 5.52. The van der Waals surface area contributed by atoms with Gasteiger partial charge in [0.1, 0.15) is 5.76 Å². The average molecular weight is 233 g/mol. The van der Waals surface area contributed by atoms with E-state index in [2.05, 4.69) is 30.3 Å². The summed E-state index contributed by atoms with van der Waals surface area (Å²) in [7, 11) is 0. The van der Waals surface area contributed by atoms with Gasteiger partial charge in [-0.05, 0) is 19.1 Å².